The van der Waals surface area contributed by atoms with E-state index < -0.39 is 0 Å². The second kappa shape index (κ2) is 5.64. The van der Waals surface area contributed by atoms with Gasteiger partial charge in [-0.05, 0) is 39.7 Å². The lowest BCUT2D eigenvalue weighted by molar-refractivity contribution is -0.132. The Morgan fingerprint density at radius 3 is 2.56 bits per heavy atom. The maximum Gasteiger partial charge on any atom is 0.236 e. The van der Waals surface area contributed by atoms with Crippen molar-refractivity contribution in [1.29, 1.82) is 0 Å². The SMILES string of the molecule is CC(N)C1CCN(CC(=O)N(C)C(C)C)C1. The van der Waals surface area contributed by atoms with Gasteiger partial charge in [-0.2, -0.15) is 0 Å². The molecule has 1 aliphatic heterocycles. The van der Waals surface area contributed by atoms with Crippen LogP contribution in [0.1, 0.15) is 27.2 Å². The van der Waals surface area contributed by atoms with E-state index in [2.05, 4.69) is 11.8 Å². The molecule has 4 heteroatoms. The molecule has 0 bridgehead atoms. The van der Waals surface area contributed by atoms with Crippen LogP contribution in [0.3, 0.4) is 0 Å². The van der Waals surface area contributed by atoms with Crippen LogP contribution in [-0.2, 0) is 4.79 Å². The standard InChI is InChI=1S/C12H25N3O/c1-9(2)14(4)12(16)8-15-6-5-11(7-15)10(3)13/h9-11H,5-8,13H2,1-4H3. The highest BCUT2D eigenvalue weighted by atomic mass is 16.2. The summed E-state index contributed by atoms with van der Waals surface area (Å²) >= 11 is 0. The van der Waals surface area contributed by atoms with E-state index in [0.29, 0.717) is 12.5 Å². The summed E-state index contributed by atoms with van der Waals surface area (Å²) in [6, 6.07) is 0.516. The zero-order chi connectivity index (χ0) is 12.3. The molecule has 1 rings (SSSR count). The van der Waals surface area contributed by atoms with Crippen molar-refractivity contribution in [1.82, 2.24) is 9.80 Å². The number of nitrogens with two attached hydrogens (primary N) is 1. The second-order valence-electron chi connectivity index (χ2n) is 5.24. The molecule has 2 atom stereocenters. The van der Waals surface area contributed by atoms with Gasteiger partial charge >= 0.3 is 0 Å². The average Bonchev–Trinajstić information content (AvgIpc) is 2.64. The molecule has 0 saturated carbocycles. The summed E-state index contributed by atoms with van der Waals surface area (Å²) in [6.45, 7) is 8.63. The molecule has 1 saturated heterocycles. The first-order chi connectivity index (χ1) is 7.41. The Morgan fingerprint density at radius 1 is 1.50 bits per heavy atom. The molecule has 1 heterocycles. The number of likely N-dealkylation sites (N-methyl/N-ethyl adjacent to an activating group) is 1. The summed E-state index contributed by atoms with van der Waals surface area (Å²) in [6.07, 6.45) is 1.12. The number of carbonyl (C=O) groups is 1. The molecule has 0 aromatic rings. The van der Waals surface area contributed by atoms with Crippen molar-refractivity contribution in [3.63, 3.8) is 0 Å². The van der Waals surface area contributed by atoms with E-state index in [1.165, 1.54) is 0 Å². The molecule has 4 nitrogen and oxygen atoms in total. The summed E-state index contributed by atoms with van der Waals surface area (Å²) in [5.41, 5.74) is 5.88. The minimum atomic E-state index is 0.209. The molecule has 0 radical (unpaired) electrons. The predicted octanol–water partition coefficient (Wildman–Crippen LogP) is 0.522. The third-order valence-corrected chi connectivity index (χ3v) is 3.58. The summed E-state index contributed by atoms with van der Waals surface area (Å²) in [4.78, 5) is 15.9. The average molecular weight is 227 g/mol. The molecular formula is C12H25N3O. The van der Waals surface area contributed by atoms with Gasteiger partial charge in [-0.15, -0.1) is 0 Å². The first-order valence-corrected chi connectivity index (χ1v) is 6.15. The molecule has 0 aliphatic carbocycles. The van der Waals surface area contributed by atoms with E-state index in [9.17, 15) is 4.79 Å². The smallest absolute Gasteiger partial charge is 0.236 e. The van der Waals surface area contributed by atoms with Crippen molar-refractivity contribution in [3.05, 3.63) is 0 Å². The number of likely N-dealkylation sites (tertiary alicyclic amines) is 1. The number of carbonyl (C=O) groups excluding carboxylic acids is 1. The van der Waals surface area contributed by atoms with Gasteiger partial charge in [0.15, 0.2) is 0 Å². The summed E-state index contributed by atoms with van der Waals surface area (Å²) in [5.74, 6) is 0.762. The van der Waals surface area contributed by atoms with E-state index in [4.69, 9.17) is 5.73 Å². The Hall–Kier alpha value is -0.610. The summed E-state index contributed by atoms with van der Waals surface area (Å²) < 4.78 is 0. The largest absolute Gasteiger partial charge is 0.342 e. The Bertz CT molecular complexity index is 240. The van der Waals surface area contributed by atoms with Crippen LogP contribution in [0, 0.1) is 5.92 Å². The molecule has 2 N–H and O–H groups in total. The lowest BCUT2D eigenvalue weighted by Crippen LogP contribution is -2.41. The quantitative estimate of drug-likeness (QED) is 0.762. The van der Waals surface area contributed by atoms with Crippen LogP contribution in [0.4, 0.5) is 0 Å². The number of amides is 1. The van der Waals surface area contributed by atoms with Crippen LogP contribution >= 0.6 is 0 Å². The van der Waals surface area contributed by atoms with E-state index in [1.54, 1.807) is 4.90 Å². The highest BCUT2D eigenvalue weighted by molar-refractivity contribution is 5.78. The van der Waals surface area contributed by atoms with Gasteiger partial charge in [0.1, 0.15) is 0 Å². The van der Waals surface area contributed by atoms with Crippen molar-refractivity contribution in [2.45, 2.75) is 39.3 Å². The van der Waals surface area contributed by atoms with E-state index >= 15 is 0 Å². The second-order valence-corrected chi connectivity index (χ2v) is 5.24. The lowest BCUT2D eigenvalue weighted by atomic mass is 10.0. The summed E-state index contributed by atoms with van der Waals surface area (Å²) in [5, 5.41) is 0. The van der Waals surface area contributed by atoms with Gasteiger partial charge in [0.2, 0.25) is 5.91 Å². The highest BCUT2D eigenvalue weighted by Gasteiger charge is 2.27. The Labute approximate surface area is 98.8 Å². The van der Waals surface area contributed by atoms with Crippen LogP contribution in [0.5, 0.6) is 0 Å². The van der Waals surface area contributed by atoms with Gasteiger partial charge in [0.05, 0.1) is 6.54 Å². The van der Waals surface area contributed by atoms with Crippen LogP contribution in [0.2, 0.25) is 0 Å². The third kappa shape index (κ3) is 3.46. The van der Waals surface area contributed by atoms with Gasteiger partial charge in [0.25, 0.3) is 0 Å². The first-order valence-electron chi connectivity index (χ1n) is 6.15. The Balaban J connectivity index is 2.37. The van der Waals surface area contributed by atoms with Gasteiger partial charge in [0, 0.05) is 25.7 Å². The fourth-order valence-electron chi connectivity index (χ4n) is 2.03. The van der Waals surface area contributed by atoms with Gasteiger partial charge in [-0.1, -0.05) is 0 Å². The molecule has 2 unspecified atom stereocenters. The van der Waals surface area contributed by atoms with Gasteiger partial charge in [-0.3, -0.25) is 9.69 Å². The summed E-state index contributed by atoms with van der Waals surface area (Å²) in [7, 11) is 1.87. The third-order valence-electron chi connectivity index (χ3n) is 3.58. The van der Waals surface area contributed by atoms with Crippen molar-refractivity contribution in [2.75, 3.05) is 26.7 Å². The molecule has 1 fully saturated rings. The van der Waals surface area contributed by atoms with Crippen molar-refractivity contribution in [2.24, 2.45) is 11.7 Å². The highest BCUT2D eigenvalue weighted by Crippen LogP contribution is 2.18. The topological polar surface area (TPSA) is 49.6 Å². The minimum absolute atomic E-state index is 0.209. The van der Waals surface area contributed by atoms with E-state index in [1.807, 2.05) is 20.9 Å². The molecule has 0 aromatic heterocycles. The molecule has 1 aliphatic rings. The molecule has 1 amide bonds. The molecule has 0 aromatic carbocycles. The molecule has 16 heavy (non-hydrogen) atoms. The van der Waals surface area contributed by atoms with E-state index in [-0.39, 0.29) is 18.0 Å². The van der Waals surface area contributed by atoms with Crippen LogP contribution in [0.15, 0.2) is 0 Å². The maximum atomic E-state index is 11.9. The molecule has 0 spiro atoms. The predicted molar refractivity (Wildman–Crippen MR) is 66.1 cm³/mol. The van der Waals surface area contributed by atoms with Crippen molar-refractivity contribution in [3.8, 4) is 0 Å². The Morgan fingerprint density at radius 2 is 2.12 bits per heavy atom. The number of rotatable bonds is 4. The van der Waals surface area contributed by atoms with Crippen LogP contribution in [0.25, 0.3) is 0 Å². The van der Waals surface area contributed by atoms with Crippen molar-refractivity contribution >= 4 is 5.91 Å². The zero-order valence-electron chi connectivity index (χ0n) is 10.9. The maximum absolute atomic E-state index is 11.9. The van der Waals surface area contributed by atoms with Crippen LogP contribution in [-0.4, -0.2) is 54.5 Å². The number of nitrogens with zero attached hydrogens (tertiary/aromatic N) is 2. The van der Waals surface area contributed by atoms with Gasteiger partial charge in [-0.25, -0.2) is 0 Å². The number of hydrogen-bond acceptors (Lipinski definition) is 3. The van der Waals surface area contributed by atoms with Gasteiger partial charge < -0.3 is 10.6 Å². The zero-order valence-corrected chi connectivity index (χ0v) is 10.9. The van der Waals surface area contributed by atoms with Crippen molar-refractivity contribution < 1.29 is 4.79 Å². The molecule has 94 valence electrons. The fourth-order valence-corrected chi connectivity index (χ4v) is 2.03. The minimum Gasteiger partial charge on any atom is -0.342 e. The molecular weight excluding hydrogens is 202 g/mol. The lowest BCUT2D eigenvalue weighted by Gasteiger charge is -2.25. The number of hydrogen-bond donors (Lipinski definition) is 1. The normalized spacial score (nSPS) is 23.8. The van der Waals surface area contributed by atoms with Crippen LogP contribution < -0.4 is 5.73 Å². The Kier molecular flexibility index (Phi) is 4.74. The fraction of sp³-hybridized carbons (Fsp3) is 0.917. The monoisotopic (exact) mass is 227 g/mol. The van der Waals surface area contributed by atoms with E-state index in [0.717, 1.165) is 19.5 Å². The first kappa shape index (κ1) is 13.5.